The molecule has 3 rings (SSSR count). The summed E-state index contributed by atoms with van der Waals surface area (Å²) in [4.78, 5) is 0. The van der Waals surface area contributed by atoms with E-state index in [9.17, 15) is 0 Å². The Morgan fingerprint density at radius 1 is 1.29 bits per heavy atom. The van der Waals surface area contributed by atoms with Crippen molar-refractivity contribution in [1.82, 2.24) is 4.57 Å². The van der Waals surface area contributed by atoms with E-state index < -0.39 is 0 Å². The Bertz CT molecular complexity index is 582. The lowest BCUT2D eigenvalue weighted by atomic mass is 10.1. The smallest absolute Gasteiger partial charge is 0.102 e. The molecule has 1 aromatic heterocycles. The Morgan fingerprint density at radius 3 is 3.00 bits per heavy atom. The van der Waals surface area contributed by atoms with Crippen LogP contribution in [0, 0.1) is 11.3 Å². The number of nitriles is 1. The van der Waals surface area contributed by atoms with Crippen LogP contribution in [0.15, 0.2) is 30.3 Å². The molecule has 1 aromatic carbocycles. The van der Waals surface area contributed by atoms with Gasteiger partial charge < -0.3 is 4.57 Å². The van der Waals surface area contributed by atoms with Crippen molar-refractivity contribution in [2.24, 2.45) is 0 Å². The van der Waals surface area contributed by atoms with Crippen LogP contribution in [0.3, 0.4) is 0 Å². The number of allylic oxidation sites excluding steroid dienone is 1. The van der Waals surface area contributed by atoms with Crippen LogP contribution in [-0.2, 0) is 6.54 Å². The number of nitrogens with zero attached hydrogens (tertiary/aromatic N) is 2. The maximum absolute atomic E-state index is 9.09. The minimum absolute atomic E-state index is 0.800. The molecular weight excluding hydrogens is 172 g/mol. The molecule has 0 saturated heterocycles. The van der Waals surface area contributed by atoms with Crippen molar-refractivity contribution in [3.05, 3.63) is 41.6 Å². The summed E-state index contributed by atoms with van der Waals surface area (Å²) in [5.74, 6) is 0. The van der Waals surface area contributed by atoms with Gasteiger partial charge >= 0.3 is 0 Å². The molecule has 2 heterocycles. The summed E-state index contributed by atoms with van der Waals surface area (Å²) in [6.45, 7) is 0.886. The van der Waals surface area contributed by atoms with Crippen molar-refractivity contribution >= 4 is 17.0 Å². The molecule has 0 N–H and O–H groups in total. The Hall–Kier alpha value is -2.01. The number of hydrogen-bond acceptors (Lipinski definition) is 1. The average molecular weight is 180 g/mol. The van der Waals surface area contributed by atoms with Crippen LogP contribution in [0.4, 0.5) is 0 Å². The number of benzene rings is 1. The fraction of sp³-hybridized carbons (Fsp3) is 0.0833. The molecule has 2 aromatic rings. The van der Waals surface area contributed by atoms with E-state index in [-0.39, 0.29) is 0 Å². The molecule has 2 heteroatoms. The average Bonchev–Trinajstić information content (AvgIpc) is 2.77. The summed E-state index contributed by atoms with van der Waals surface area (Å²) in [7, 11) is 0. The van der Waals surface area contributed by atoms with Gasteiger partial charge in [0, 0.05) is 11.9 Å². The Kier molecular flexibility index (Phi) is 1.32. The first-order valence-electron chi connectivity index (χ1n) is 4.59. The highest BCUT2D eigenvalue weighted by molar-refractivity contribution is 5.91. The highest BCUT2D eigenvalue weighted by Crippen LogP contribution is 2.29. The first kappa shape index (κ1) is 7.40. The van der Waals surface area contributed by atoms with Crippen LogP contribution in [0.25, 0.3) is 17.0 Å². The number of para-hydroxylation sites is 1. The van der Waals surface area contributed by atoms with Crippen LogP contribution >= 0.6 is 0 Å². The molecule has 0 atom stereocenters. The quantitative estimate of drug-likeness (QED) is 0.612. The highest BCUT2D eigenvalue weighted by Gasteiger charge is 2.16. The molecule has 0 unspecified atom stereocenters. The molecule has 1 aliphatic rings. The second kappa shape index (κ2) is 2.49. The fourth-order valence-electron chi connectivity index (χ4n) is 2.08. The second-order valence-corrected chi connectivity index (χ2v) is 3.40. The van der Waals surface area contributed by atoms with Crippen molar-refractivity contribution in [1.29, 1.82) is 5.26 Å². The number of hydrogen-bond donors (Lipinski definition) is 0. The summed E-state index contributed by atoms with van der Waals surface area (Å²) < 4.78 is 2.17. The lowest BCUT2D eigenvalue weighted by molar-refractivity contribution is 0.881. The predicted molar refractivity (Wildman–Crippen MR) is 55.7 cm³/mol. The molecular formula is C12H8N2. The minimum atomic E-state index is 0.800. The van der Waals surface area contributed by atoms with Crippen LogP contribution in [-0.4, -0.2) is 4.57 Å². The largest absolute Gasteiger partial charge is 0.336 e. The van der Waals surface area contributed by atoms with E-state index in [4.69, 9.17) is 5.26 Å². The lowest BCUT2D eigenvalue weighted by Gasteiger charge is -1.97. The molecule has 2 nitrogen and oxygen atoms in total. The zero-order valence-electron chi connectivity index (χ0n) is 7.57. The van der Waals surface area contributed by atoms with Gasteiger partial charge in [-0.1, -0.05) is 24.3 Å². The number of aromatic nitrogens is 1. The van der Waals surface area contributed by atoms with E-state index in [2.05, 4.69) is 22.8 Å². The molecule has 0 radical (unpaired) electrons. The standard InChI is InChI=1S/C12H8N2/c13-8-10-9-4-1-2-5-11(9)14-7-3-6-12(10)14/h1-6H,7H2. The Balaban J connectivity index is 2.55. The molecule has 0 saturated carbocycles. The van der Waals surface area contributed by atoms with Crippen molar-refractivity contribution in [3.8, 4) is 6.07 Å². The fourth-order valence-corrected chi connectivity index (χ4v) is 2.08. The monoisotopic (exact) mass is 180 g/mol. The Morgan fingerprint density at radius 2 is 2.14 bits per heavy atom. The summed E-state index contributed by atoms with van der Waals surface area (Å²) in [6, 6.07) is 10.3. The van der Waals surface area contributed by atoms with E-state index in [1.54, 1.807) is 0 Å². The zero-order chi connectivity index (χ0) is 9.54. The van der Waals surface area contributed by atoms with Crippen LogP contribution in [0.1, 0.15) is 11.3 Å². The predicted octanol–water partition coefficient (Wildman–Crippen LogP) is 2.54. The molecule has 66 valence electrons. The van der Waals surface area contributed by atoms with Crippen LogP contribution in [0.2, 0.25) is 0 Å². The van der Waals surface area contributed by atoms with Gasteiger partial charge in [0.2, 0.25) is 0 Å². The van der Waals surface area contributed by atoms with E-state index in [1.807, 2.05) is 24.3 Å². The third kappa shape index (κ3) is 0.742. The first-order chi connectivity index (χ1) is 6.92. The maximum Gasteiger partial charge on any atom is 0.102 e. The third-order valence-corrected chi connectivity index (χ3v) is 2.69. The summed E-state index contributed by atoms with van der Waals surface area (Å²) in [5.41, 5.74) is 3.01. The normalized spacial score (nSPS) is 13.1. The summed E-state index contributed by atoms with van der Waals surface area (Å²) >= 11 is 0. The first-order valence-corrected chi connectivity index (χ1v) is 4.59. The third-order valence-electron chi connectivity index (χ3n) is 2.69. The van der Waals surface area contributed by atoms with Gasteiger partial charge in [0.15, 0.2) is 0 Å². The second-order valence-electron chi connectivity index (χ2n) is 3.40. The molecule has 0 aliphatic carbocycles. The van der Waals surface area contributed by atoms with Crippen LogP contribution in [0.5, 0.6) is 0 Å². The van der Waals surface area contributed by atoms with Gasteiger partial charge in [-0.25, -0.2) is 0 Å². The van der Waals surface area contributed by atoms with Gasteiger partial charge in [0.1, 0.15) is 6.07 Å². The van der Waals surface area contributed by atoms with Gasteiger partial charge in [-0.3, -0.25) is 0 Å². The van der Waals surface area contributed by atoms with Crippen molar-refractivity contribution in [2.75, 3.05) is 0 Å². The van der Waals surface area contributed by atoms with Gasteiger partial charge in [0.25, 0.3) is 0 Å². The molecule has 0 fully saturated rings. The van der Waals surface area contributed by atoms with E-state index in [0.29, 0.717) is 0 Å². The highest BCUT2D eigenvalue weighted by atomic mass is 15.0. The van der Waals surface area contributed by atoms with Gasteiger partial charge in [-0.05, 0) is 12.1 Å². The van der Waals surface area contributed by atoms with Crippen molar-refractivity contribution < 1.29 is 0 Å². The summed E-state index contributed by atoms with van der Waals surface area (Å²) in [5, 5.41) is 10.2. The van der Waals surface area contributed by atoms with Crippen molar-refractivity contribution in [3.63, 3.8) is 0 Å². The van der Waals surface area contributed by atoms with Crippen molar-refractivity contribution in [2.45, 2.75) is 6.54 Å². The topological polar surface area (TPSA) is 28.7 Å². The zero-order valence-corrected chi connectivity index (χ0v) is 7.57. The Labute approximate surface area is 81.7 Å². The number of fused-ring (bicyclic) bond motifs is 3. The minimum Gasteiger partial charge on any atom is -0.336 e. The van der Waals surface area contributed by atoms with Gasteiger partial charge in [0.05, 0.1) is 16.8 Å². The number of rotatable bonds is 0. The molecule has 14 heavy (non-hydrogen) atoms. The maximum atomic E-state index is 9.09. The van der Waals surface area contributed by atoms with Gasteiger partial charge in [-0.2, -0.15) is 5.26 Å². The lowest BCUT2D eigenvalue weighted by Crippen LogP contribution is -1.91. The van der Waals surface area contributed by atoms with Gasteiger partial charge in [-0.15, -0.1) is 0 Å². The summed E-state index contributed by atoms with van der Waals surface area (Å²) in [6.07, 6.45) is 4.11. The van der Waals surface area contributed by atoms with E-state index >= 15 is 0 Å². The van der Waals surface area contributed by atoms with E-state index in [0.717, 1.165) is 28.7 Å². The molecule has 0 bridgehead atoms. The SMILES string of the molecule is N#Cc1c2n(c3ccccc13)CC=C2. The molecule has 0 spiro atoms. The van der Waals surface area contributed by atoms with E-state index in [1.165, 1.54) is 0 Å². The van der Waals surface area contributed by atoms with Crippen LogP contribution < -0.4 is 0 Å². The molecule has 1 aliphatic heterocycles. The molecule has 0 amide bonds.